The number of phenols is 1. The summed E-state index contributed by atoms with van der Waals surface area (Å²) in [7, 11) is 0. The lowest BCUT2D eigenvalue weighted by Crippen LogP contribution is -2.50. The molecule has 0 radical (unpaired) electrons. The molecule has 0 bridgehead atoms. The number of carbonyl (C=O) groups is 3. The molecule has 0 aromatic heterocycles. The molecule has 3 aliphatic heterocycles. The highest BCUT2D eigenvalue weighted by Gasteiger charge is 2.50. The molecule has 7 heteroatoms. The molecule has 0 unspecified atom stereocenters. The smallest absolute Gasteiger partial charge is 0.261 e. The Kier molecular flexibility index (Phi) is 5.90. The molecule has 5 rings (SSSR count). The van der Waals surface area contributed by atoms with E-state index >= 15 is 0 Å². The van der Waals surface area contributed by atoms with Gasteiger partial charge in [-0.15, -0.1) is 0 Å². The predicted molar refractivity (Wildman–Crippen MR) is 124 cm³/mol. The lowest BCUT2D eigenvalue weighted by Gasteiger charge is -2.50. The minimum Gasteiger partial charge on any atom is -0.504 e. The summed E-state index contributed by atoms with van der Waals surface area (Å²) in [5.41, 5.74) is 1.16. The summed E-state index contributed by atoms with van der Waals surface area (Å²) in [6.07, 6.45) is 4.63. The minimum absolute atomic E-state index is 0.0277. The van der Waals surface area contributed by atoms with Crippen LogP contribution in [-0.2, 0) is 9.53 Å². The van der Waals surface area contributed by atoms with Gasteiger partial charge in [-0.05, 0) is 57.2 Å². The molecule has 3 heterocycles. The summed E-state index contributed by atoms with van der Waals surface area (Å²) in [6.45, 7) is 2.35. The van der Waals surface area contributed by atoms with E-state index in [1.165, 1.54) is 4.90 Å². The van der Waals surface area contributed by atoms with Gasteiger partial charge in [0, 0.05) is 24.4 Å². The maximum atomic E-state index is 12.6. The average Bonchev–Trinajstić information content (AvgIpc) is 3.09. The Balaban J connectivity index is 1.27. The van der Waals surface area contributed by atoms with Crippen molar-refractivity contribution < 1.29 is 29.0 Å². The van der Waals surface area contributed by atoms with Gasteiger partial charge in [0.1, 0.15) is 11.9 Å². The van der Waals surface area contributed by atoms with Crippen LogP contribution in [0.4, 0.5) is 0 Å². The van der Waals surface area contributed by atoms with Gasteiger partial charge in [-0.1, -0.05) is 24.3 Å². The van der Waals surface area contributed by atoms with Crippen LogP contribution in [0.5, 0.6) is 11.5 Å². The highest BCUT2D eigenvalue weighted by atomic mass is 16.5. The van der Waals surface area contributed by atoms with Crippen molar-refractivity contribution in [2.24, 2.45) is 5.92 Å². The first kappa shape index (κ1) is 22.6. The quantitative estimate of drug-likeness (QED) is 0.482. The van der Waals surface area contributed by atoms with Gasteiger partial charge in [-0.25, -0.2) is 0 Å². The second-order valence-electron chi connectivity index (χ2n) is 9.63. The highest BCUT2D eigenvalue weighted by molar-refractivity contribution is 6.21. The molecule has 34 heavy (non-hydrogen) atoms. The van der Waals surface area contributed by atoms with Gasteiger partial charge in [-0.3, -0.25) is 14.5 Å². The number of amides is 2. The Bertz CT molecular complexity index is 1090. The van der Waals surface area contributed by atoms with Crippen LogP contribution in [0.15, 0.2) is 42.5 Å². The van der Waals surface area contributed by atoms with Gasteiger partial charge in [-0.2, -0.15) is 0 Å². The van der Waals surface area contributed by atoms with Crippen LogP contribution < -0.4 is 4.74 Å². The van der Waals surface area contributed by atoms with Crippen molar-refractivity contribution in [2.75, 3.05) is 6.54 Å². The number of aromatic hydroxyl groups is 1. The van der Waals surface area contributed by atoms with Crippen LogP contribution >= 0.6 is 0 Å². The van der Waals surface area contributed by atoms with Gasteiger partial charge in [0.05, 0.1) is 23.3 Å². The number of hydrogen-bond donors (Lipinski definition) is 1. The SMILES string of the molecule is C[C@@]1(CCC=O)Oc2c(O)cccc2[C@@H]2O[C@H](CCCN3C(=O)c4ccccc4C3=O)CC[C@H]21. The molecule has 178 valence electrons. The van der Waals surface area contributed by atoms with E-state index in [1.54, 1.807) is 36.4 Å². The number of para-hydroxylation sites is 1. The van der Waals surface area contributed by atoms with E-state index in [2.05, 4.69) is 0 Å². The van der Waals surface area contributed by atoms with Crippen molar-refractivity contribution in [3.63, 3.8) is 0 Å². The Morgan fingerprint density at radius 3 is 2.53 bits per heavy atom. The molecular formula is C27H29NO6. The van der Waals surface area contributed by atoms with E-state index in [0.717, 1.165) is 31.1 Å². The minimum atomic E-state index is -0.609. The second kappa shape index (κ2) is 8.87. The van der Waals surface area contributed by atoms with Crippen molar-refractivity contribution in [2.45, 2.75) is 63.3 Å². The zero-order valence-corrected chi connectivity index (χ0v) is 19.2. The average molecular weight is 464 g/mol. The summed E-state index contributed by atoms with van der Waals surface area (Å²) < 4.78 is 12.8. The Labute approximate surface area is 198 Å². The van der Waals surface area contributed by atoms with Crippen molar-refractivity contribution in [3.05, 3.63) is 59.2 Å². The molecule has 4 atom stereocenters. The largest absolute Gasteiger partial charge is 0.504 e. The number of hydrogen-bond acceptors (Lipinski definition) is 6. The van der Waals surface area contributed by atoms with E-state index in [-0.39, 0.29) is 35.7 Å². The van der Waals surface area contributed by atoms with Crippen molar-refractivity contribution in [1.82, 2.24) is 4.90 Å². The number of aldehydes is 1. The number of benzene rings is 2. The summed E-state index contributed by atoms with van der Waals surface area (Å²) in [6, 6.07) is 12.2. The van der Waals surface area contributed by atoms with Crippen LogP contribution in [0.2, 0.25) is 0 Å². The Morgan fingerprint density at radius 1 is 1.09 bits per heavy atom. The molecular weight excluding hydrogens is 434 g/mol. The molecule has 2 aromatic rings. The zero-order chi connectivity index (χ0) is 23.9. The molecule has 7 nitrogen and oxygen atoms in total. The molecule has 2 amide bonds. The van der Waals surface area contributed by atoms with Gasteiger partial charge >= 0.3 is 0 Å². The third-order valence-corrected chi connectivity index (χ3v) is 7.50. The molecule has 3 aliphatic rings. The first-order valence-corrected chi connectivity index (χ1v) is 12.0. The Hall–Kier alpha value is -3.19. The zero-order valence-electron chi connectivity index (χ0n) is 19.2. The first-order chi connectivity index (χ1) is 16.4. The molecule has 1 N–H and O–H groups in total. The Morgan fingerprint density at radius 2 is 1.82 bits per heavy atom. The number of fused-ring (bicyclic) bond motifs is 4. The number of rotatable bonds is 7. The highest BCUT2D eigenvalue weighted by Crippen LogP contribution is 2.54. The van der Waals surface area contributed by atoms with Crippen molar-refractivity contribution in [3.8, 4) is 11.5 Å². The fraction of sp³-hybridized carbons (Fsp3) is 0.444. The summed E-state index contributed by atoms with van der Waals surface area (Å²) >= 11 is 0. The molecule has 0 aliphatic carbocycles. The molecule has 0 saturated carbocycles. The number of carbonyl (C=O) groups excluding carboxylic acids is 3. The standard InChI is InChI=1S/C27H29NO6/c1-27(14-6-16-29)21-13-12-17(33-23(21)20-10-4-11-22(30)24(20)34-27)7-5-15-28-25(31)18-8-2-3-9-19(18)26(28)32/h2-4,8-11,16-17,21,23,30H,5-7,12-15H2,1H3/t17-,21-,23+,27+/m1/s1. The third kappa shape index (κ3) is 3.78. The predicted octanol–water partition coefficient (Wildman–Crippen LogP) is 4.44. The fourth-order valence-electron chi connectivity index (χ4n) is 5.70. The lowest BCUT2D eigenvalue weighted by molar-refractivity contribution is -0.159. The van der Waals surface area contributed by atoms with Crippen molar-refractivity contribution >= 4 is 18.1 Å². The molecule has 1 saturated heterocycles. The fourth-order valence-corrected chi connectivity index (χ4v) is 5.70. The molecule has 0 spiro atoms. The lowest BCUT2D eigenvalue weighted by atomic mass is 9.72. The number of phenolic OH excluding ortho intramolecular Hbond substituents is 1. The van der Waals surface area contributed by atoms with E-state index in [0.29, 0.717) is 42.7 Å². The second-order valence-corrected chi connectivity index (χ2v) is 9.63. The van der Waals surface area contributed by atoms with Crippen molar-refractivity contribution in [1.29, 1.82) is 0 Å². The van der Waals surface area contributed by atoms with E-state index in [1.807, 2.05) is 13.0 Å². The van der Waals surface area contributed by atoms with Crippen LogP contribution in [0.25, 0.3) is 0 Å². The van der Waals surface area contributed by atoms with Gasteiger partial charge < -0.3 is 19.4 Å². The summed E-state index contributed by atoms with van der Waals surface area (Å²) in [4.78, 5) is 37.6. The third-order valence-electron chi connectivity index (χ3n) is 7.50. The van der Waals surface area contributed by atoms with Gasteiger partial charge in [0.2, 0.25) is 0 Å². The number of nitrogens with zero attached hydrogens (tertiary/aromatic N) is 1. The molecule has 1 fully saturated rings. The van der Waals surface area contributed by atoms with Crippen LogP contribution in [0.3, 0.4) is 0 Å². The van der Waals surface area contributed by atoms with Crippen LogP contribution in [0.1, 0.15) is 77.8 Å². The van der Waals surface area contributed by atoms with Crippen LogP contribution in [-0.4, -0.2) is 46.4 Å². The summed E-state index contributed by atoms with van der Waals surface area (Å²) in [5, 5.41) is 10.4. The maximum Gasteiger partial charge on any atom is 0.261 e. The topological polar surface area (TPSA) is 93.1 Å². The maximum absolute atomic E-state index is 12.6. The van der Waals surface area contributed by atoms with Gasteiger partial charge in [0.15, 0.2) is 11.5 Å². The summed E-state index contributed by atoms with van der Waals surface area (Å²) in [5.74, 6) is 0.109. The van der Waals surface area contributed by atoms with E-state index in [9.17, 15) is 19.5 Å². The van der Waals surface area contributed by atoms with Gasteiger partial charge in [0.25, 0.3) is 11.8 Å². The first-order valence-electron chi connectivity index (χ1n) is 12.0. The normalized spacial score (nSPS) is 27.6. The number of ether oxygens (including phenoxy) is 2. The molecule has 2 aromatic carbocycles. The van der Waals surface area contributed by atoms with E-state index in [4.69, 9.17) is 9.47 Å². The number of imide groups is 1. The van der Waals surface area contributed by atoms with E-state index < -0.39 is 5.60 Å². The monoisotopic (exact) mass is 463 g/mol. The van der Waals surface area contributed by atoms with Crippen LogP contribution in [0, 0.1) is 5.92 Å².